The van der Waals surface area contributed by atoms with Gasteiger partial charge in [-0.1, -0.05) is 12.1 Å². The molecule has 27 heavy (non-hydrogen) atoms. The number of hydrogen-bond donors (Lipinski definition) is 1. The average Bonchev–Trinajstić information content (AvgIpc) is 3.12. The lowest BCUT2D eigenvalue weighted by Crippen LogP contribution is -2.23. The molecule has 1 N–H and O–H groups in total. The summed E-state index contributed by atoms with van der Waals surface area (Å²) in [5.74, 6) is 0.154. The molecule has 1 fully saturated rings. The lowest BCUT2D eigenvalue weighted by Gasteiger charge is -2.16. The molecule has 0 atom stereocenters. The van der Waals surface area contributed by atoms with Crippen LogP contribution in [0.3, 0.4) is 0 Å². The second kappa shape index (κ2) is 7.03. The summed E-state index contributed by atoms with van der Waals surface area (Å²) >= 11 is 0. The van der Waals surface area contributed by atoms with Crippen molar-refractivity contribution in [3.63, 3.8) is 0 Å². The van der Waals surface area contributed by atoms with Crippen LogP contribution in [0.15, 0.2) is 54.7 Å². The zero-order chi connectivity index (χ0) is 18.8. The van der Waals surface area contributed by atoms with Crippen molar-refractivity contribution >= 4 is 33.9 Å². The van der Waals surface area contributed by atoms with E-state index in [0.29, 0.717) is 29.6 Å². The first-order chi connectivity index (χ1) is 13.1. The molecule has 3 aromatic rings. The van der Waals surface area contributed by atoms with Crippen molar-refractivity contribution in [2.45, 2.75) is 19.4 Å². The number of anilines is 2. The maximum Gasteiger partial charge on any atom is 0.301 e. The highest BCUT2D eigenvalue weighted by atomic mass is 16.6. The molecule has 1 aliphatic heterocycles. The Balaban J connectivity index is 1.54. The zero-order valence-electron chi connectivity index (χ0n) is 14.6. The standard InChI is InChI=1S/C20H18N4O3/c25-19-4-2-12-23(19)15-7-5-14(6-8-15)13-22-18-10-9-17-16(3-1-11-21-17)20(18)24(26)27/h1,3,5-11,22H,2,4,12-13H2. The third-order valence-corrected chi connectivity index (χ3v) is 4.74. The van der Waals surface area contributed by atoms with Crippen LogP contribution in [0, 0.1) is 10.1 Å². The number of nitro groups is 1. The molecule has 1 amide bonds. The fourth-order valence-electron chi connectivity index (χ4n) is 3.39. The van der Waals surface area contributed by atoms with Crippen LogP contribution < -0.4 is 10.2 Å². The Kier molecular flexibility index (Phi) is 4.42. The number of fused-ring (bicyclic) bond motifs is 1. The summed E-state index contributed by atoms with van der Waals surface area (Å²) in [5.41, 5.74) is 2.95. The Hall–Kier alpha value is -3.48. The SMILES string of the molecule is O=C1CCCN1c1ccc(CNc2ccc3ncccc3c2[N+](=O)[O-])cc1. The van der Waals surface area contributed by atoms with Crippen molar-refractivity contribution in [3.8, 4) is 0 Å². The lowest BCUT2D eigenvalue weighted by molar-refractivity contribution is -0.382. The summed E-state index contributed by atoms with van der Waals surface area (Å²) in [4.78, 5) is 29.0. The first kappa shape index (κ1) is 17.0. The maximum absolute atomic E-state index is 11.8. The van der Waals surface area contributed by atoms with E-state index in [-0.39, 0.29) is 16.5 Å². The molecule has 136 valence electrons. The molecule has 0 saturated carbocycles. The van der Waals surface area contributed by atoms with Gasteiger partial charge in [-0.15, -0.1) is 0 Å². The molecular weight excluding hydrogens is 344 g/mol. The largest absolute Gasteiger partial charge is 0.375 e. The highest BCUT2D eigenvalue weighted by Crippen LogP contribution is 2.32. The van der Waals surface area contributed by atoms with E-state index in [2.05, 4.69) is 10.3 Å². The van der Waals surface area contributed by atoms with Gasteiger partial charge in [-0.25, -0.2) is 0 Å². The molecule has 2 heterocycles. The molecule has 0 radical (unpaired) electrons. The smallest absolute Gasteiger partial charge is 0.301 e. The molecule has 7 nitrogen and oxygen atoms in total. The van der Waals surface area contributed by atoms with Crippen molar-refractivity contribution in [2.24, 2.45) is 0 Å². The van der Waals surface area contributed by atoms with E-state index in [1.165, 1.54) is 0 Å². The predicted molar refractivity (Wildman–Crippen MR) is 104 cm³/mol. The van der Waals surface area contributed by atoms with Crippen molar-refractivity contribution in [2.75, 3.05) is 16.8 Å². The summed E-state index contributed by atoms with van der Waals surface area (Å²) in [7, 11) is 0. The Morgan fingerprint density at radius 1 is 1.15 bits per heavy atom. The molecule has 0 aliphatic carbocycles. The number of nitrogens with one attached hydrogen (secondary N) is 1. The highest BCUT2D eigenvalue weighted by Gasteiger charge is 2.21. The quantitative estimate of drug-likeness (QED) is 0.550. The molecule has 1 aromatic heterocycles. The van der Waals surface area contributed by atoms with Crippen molar-refractivity contribution in [1.82, 2.24) is 4.98 Å². The van der Waals surface area contributed by atoms with E-state index in [1.54, 1.807) is 35.4 Å². The number of rotatable bonds is 5. The minimum absolute atomic E-state index is 0.0277. The van der Waals surface area contributed by atoms with E-state index >= 15 is 0 Å². The number of carbonyl (C=O) groups excluding carboxylic acids is 1. The molecule has 0 bridgehead atoms. The highest BCUT2D eigenvalue weighted by molar-refractivity contribution is 5.95. The van der Waals surface area contributed by atoms with Crippen LogP contribution in [0.5, 0.6) is 0 Å². The molecule has 0 spiro atoms. The van der Waals surface area contributed by atoms with Crippen LogP contribution >= 0.6 is 0 Å². The second-order valence-corrected chi connectivity index (χ2v) is 6.46. The Labute approximate surface area is 155 Å². The van der Waals surface area contributed by atoms with E-state index in [9.17, 15) is 14.9 Å². The Morgan fingerprint density at radius 3 is 2.67 bits per heavy atom. The average molecular weight is 362 g/mol. The Bertz CT molecular complexity index is 1020. The summed E-state index contributed by atoms with van der Waals surface area (Å²) in [6.07, 6.45) is 3.11. The zero-order valence-corrected chi connectivity index (χ0v) is 14.6. The second-order valence-electron chi connectivity index (χ2n) is 6.46. The van der Waals surface area contributed by atoms with Gasteiger partial charge in [0.25, 0.3) is 0 Å². The van der Waals surface area contributed by atoms with Gasteiger partial charge in [0.1, 0.15) is 5.69 Å². The number of aromatic nitrogens is 1. The van der Waals surface area contributed by atoms with Gasteiger partial charge in [0.05, 0.1) is 15.8 Å². The normalized spacial score (nSPS) is 13.9. The van der Waals surface area contributed by atoms with Gasteiger partial charge in [0.15, 0.2) is 0 Å². The van der Waals surface area contributed by atoms with Gasteiger partial charge in [0, 0.05) is 31.4 Å². The number of benzene rings is 2. The molecule has 0 unspecified atom stereocenters. The van der Waals surface area contributed by atoms with Gasteiger partial charge >= 0.3 is 5.69 Å². The van der Waals surface area contributed by atoms with Crippen LogP contribution in [-0.2, 0) is 11.3 Å². The van der Waals surface area contributed by atoms with E-state index in [0.717, 1.165) is 24.2 Å². The number of nitrogens with zero attached hydrogens (tertiary/aromatic N) is 3. The molecular formula is C20H18N4O3. The summed E-state index contributed by atoms with van der Waals surface area (Å²) < 4.78 is 0. The fraction of sp³-hybridized carbons (Fsp3) is 0.200. The van der Waals surface area contributed by atoms with Gasteiger partial charge in [-0.3, -0.25) is 19.9 Å². The molecule has 1 aliphatic rings. The molecule has 1 saturated heterocycles. The van der Waals surface area contributed by atoms with Crippen LogP contribution in [0.4, 0.5) is 17.1 Å². The van der Waals surface area contributed by atoms with Crippen LogP contribution in [0.25, 0.3) is 10.9 Å². The Morgan fingerprint density at radius 2 is 1.96 bits per heavy atom. The van der Waals surface area contributed by atoms with Gasteiger partial charge < -0.3 is 10.2 Å². The lowest BCUT2D eigenvalue weighted by atomic mass is 10.1. The number of pyridine rings is 1. The first-order valence-corrected chi connectivity index (χ1v) is 8.79. The van der Waals surface area contributed by atoms with Crippen LogP contribution in [-0.4, -0.2) is 22.4 Å². The summed E-state index contributed by atoms with van der Waals surface area (Å²) in [6, 6.07) is 14.5. The predicted octanol–water partition coefficient (Wildman–Crippen LogP) is 3.88. The summed E-state index contributed by atoms with van der Waals surface area (Å²) in [6.45, 7) is 1.20. The number of nitro benzene ring substituents is 1. The third kappa shape index (κ3) is 3.31. The maximum atomic E-state index is 11.8. The van der Waals surface area contributed by atoms with Gasteiger partial charge in [0.2, 0.25) is 5.91 Å². The van der Waals surface area contributed by atoms with Crippen molar-refractivity contribution in [1.29, 1.82) is 0 Å². The van der Waals surface area contributed by atoms with Crippen molar-refractivity contribution < 1.29 is 9.72 Å². The number of amides is 1. The number of carbonyl (C=O) groups is 1. The third-order valence-electron chi connectivity index (χ3n) is 4.74. The van der Waals surface area contributed by atoms with Gasteiger partial charge in [-0.2, -0.15) is 0 Å². The fourth-order valence-corrected chi connectivity index (χ4v) is 3.39. The topological polar surface area (TPSA) is 88.4 Å². The van der Waals surface area contributed by atoms with E-state index < -0.39 is 0 Å². The molecule has 7 heteroatoms. The number of hydrogen-bond acceptors (Lipinski definition) is 5. The van der Waals surface area contributed by atoms with Gasteiger partial charge in [-0.05, 0) is 48.4 Å². The monoisotopic (exact) mass is 362 g/mol. The van der Waals surface area contributed by atoms with E-state index in [4.69, 9.17) is 0 Å². The van der Waals surface area contributed by atoms with Crippen LogP contribution in [0.2, 0.25) is 0 Å². The minimum atomic E-state index is -0.381. The van der Waals surface area contributed by atoms with E-state index in [1.807, 2.05) is 24.3 Å². The summed E-state index contributed by atoms with van der Waals surface area (Å²) in [5, 5.41) is 15.2. The first-order valence-electron chi connectivity index (χ1n) is 8.79. The molecule has 4 rings (SSSR count). The minimum Gasteiger partial charge on any atom is -0.375 e. The van der Waals surface area contributed by atoms with Crippen molar-refractivity contribution in [3.05, 3.63) is 70.4 Å². The molecule has 2 aromatic carbocycles. The van der Waals surface area contributed by atoms with Crippen LogP contribution in [0.1, 0.15) is 18.4 Å².